The summed E-state index contributed by atoms with van der Waals surface area (Å²) in [5.74, 6) is -0.506. The second-order valence-corrected chi connectivity index (χ2v) is 11.6. The van der Waals surface area contributed by atoms with Crippen LogP contribution < -0.4 is 10.0 Å². The SMILES string of the molecule is C=C(CCNC(=O)c1cc(Cl)ccc1NS(=O)(=O)c1ccc(S(C)(=O)=O)cc1)c1ccccc1. The maximum absolute atomic E-state index is 12.8. The van der Waals surface area contributed by atoms with Crippen LogP contribution in [0.3, 0.4) is 0 Å². The summed E-state index contributed by atoms with van der Waals surface area (Å²) in [6, 6.07) is 18.6. The second kappa shape index (κ2) is 10.4. The average molecular weight is 519 g/mol. The van der Waals surface area contributed by atoms with E-state index in [1.165, 1.54) is 42.5 Å². The lowest BCUT2D eigenvalue weighted by Gasteiger charge is -2.14. The van der Waals surface area contributed by atoms with Crippen LogP contribution in [0.15, 0.2) is 89.2 Å². The Bertz CT molecular complexity index is 1420. The Morgan fingerprint density at radius 2 is 1.53 bits per heavy atom. The zero-order chi connectivity index (χ0) is 24.9. The van der Waals surface area contributed by atoms with Crippen molar-refractivity contribution in [1.29, 1.82) is 0 Å². The number of halogens is 1. The van der Waals surface area contributed by atoms with Gasteiger partial charge in [0.25, 0.3) is 15.9 Å². The van der Waals surface area contributed by atoms with Crippen LogP contribution in [0.5, 0.6) is 0 Å². The predicted molar refractivity (Wildman–Crippen MR) is 134 cm³/mol. The molecule has 0 aromatic heterocycles. The third-order valence-corrected chi connectivity index (χ3v) is 7.67. The predicted octanol–water partition coefficient (Wildman–Crippen LogP) is 4.38. The van der Waals surface area contributed by atoms with Gasteiger partial charge in [0.05, 0.1) is 21.0 Å². The van der Waals surface area contributed by atoms with Crippen molar-refractivity contribution in [3.8, 4) is 0 Å². The van der Waals surface area contributed by atoms with Crippen LogP contribution in [-0.2, 0) is 19.9 Å². The molecule has 10 heteroatoms. The lowest BCUT2D eigenvalue weighted by Crippen LogP contribution is -2.26. The monoisotopic (exact) mass is 518 g/mol. The van der Waals surface area contributed by atoms with Crippen LogP contribution in [0.25, 0.3) is 5.57 Å². The van der Waals surface area contributed by atoms with E-state index in [-0.39, 0.29) is 32.6 Å². The molecule has 0 aliphatic heterocycles. The van der Waals surface area contributed by atoms with Gasteiger partial charge in [0.15, 0.2) is 9.84 Å². The number of rotatable bonds is 9. The maximum atomic E-state index is 12.8. The molecule has 0 saturated heterocycles. The summed E-state index contributed by atoms with van der Waals surface area (Å²) in [7, 11) is -7.57. The van der Waals surface area contributed by atoms with Gasteiger partial charge in [0, 0.05) is 17.8 Å². The molecule has 0 aliphatic rings. The first-order valence-corrected chi connectivity index (χ1v) is 13.9. The van der Waals surface area contributed by atoms with E-state index in [2.05, 4.69) is 16.6 Å². The van der Waals surface area contributed by atoms with Gasteiger partial charge < -0.3 is 5.32 Å². The lowest BCUT2D eigenvalue weighted by molar-refractivity contribution is 0.0955. The summed E-state index contributed by atoms with van der Waals surface area (Å²) in [6.07, 6.45) is 1.53. The number of benzene rings is 3. The molecular weight excluding hydrogens is 496 g/mol. The first kappa shape index (κ1) is 25.5. The molecule has 0 radical (unpaired) electrons. The highest BCUT2D eigenvalue weighted by Crippen LogP contribution is 2.25. The molecule has 3 rings (SSSR count). The smallest absolute Gasteiger partial charge is 0.261 e. The molecule has 1 amide bonds. The van der Waals surface area contributed by atoms with E-state index in [1.54, 1.807) is 0 Å². The molecule has 0 spiro atoms. The molecule has 0 heterocycles. The topological polar surface area (TPSA) is 109 Å². The van der Waals surface area contributed by atoms with Gasteiger partial charge >= 0.3 is 0 Å². The number of sulfonamides is 1. The minimum atomic E-state index is -4.10. The number of hydrogen-bond acceptors (Lipinski definition) is 5. The van der Waals surface area contributed by atoms with Crippen molar-refractivity contribution in [3.63, 3.8) is 0 Å². The molecule has 0 atom stereocenters. The minimum Gasteiger partial charge on any atom is -0.352 e. The Hall–Kier alpha value is -3.14. The number of hydrogen-bond donors (Lipinski definition) is 2. The van der Waals surface area contributed by atoms with Crippen molar-refractivity contribution in [2.75, 3.05) is 17.5 Å². The van der Waals surface area contributed by atoms with Crippen LogP contribution in [0.1, 0.15) is 22.3 Å². The summed E-state index contributed by atoms with van der Waals surface area (Å²) >= 11 is 6.05. The van der Waals surface area contributed by atoms with Gasteiger partial charge in [0.2, 0.25) is 0 Å². The summed E-state index contributed by atoms with van der Waals surface area (Å²) in [4.78, 5) is 12.7. The molecule has 7 nitrogen and oxygen atoms in total. The quantitative estimate of drug-likeness (QED) is 0.437. The molecule has 0 aliphatic carbocycles. The third-order valence-electron chi connectivity index (χ3n) is 4.93. The number of carbonyl (C=O) groups excluding carboxylic acids is 1. The van der Waals surface area contributed by atoms with Crippen LogP contribution in [0.2, 0.25) is 5.02 Å². The molecule has 0 saturated carbocycles. The second-order valence-electron chi connectivity index (χ2n) is 7.51. The first-order chi connectivity index (χ1) is 16.0. The fourth-order valence-corrected chi connectivity index (χ4v) is 4.99. The number of carbonyl (C=O) groups is 1. The van der Waals surface area contributed by atoms with E-state index in [0.717, 1.165) is 17.4 Å². The van der Waals surface area contributed by atoms with E-state index >= 15 is 0 Å². The van der Waals surface area contributed by atoms with Crippen molar-refractivity contribution in [2.45, 2.75) is 16.2 Å². The maximum Gasteiger partial charge on any atom is 0.261 e. The van der Waals surface area contributed by atoms with Crippen LogP contribution in [0.4, 0.5) is 5.69 Å². The fourth-order valence-electron chi connectivity index (χ4n) is 3.10. The Morgan fingerprint density at radius 1 is 0.912 bits per heavy atom. The number of sulfone groups is 1. The molecular formula is C24H23ClN2O5S2. The highest BCUT2D eigenvalue weighted by atomic mass is 35.5. The molecule has 3 aromatic rings. The summed E-state index contributed by atoms with van der Waals surface area (Å²) in [5.41, 5.74) is 1.91. The Balaban J connectivity index is 1.75. The molecule has 0 fully saturated rings. The van der Waals surface area contributed by atoms with E-state index in [9.17, 15) is 21.6 Å². The molecule has 178 valence electrons. The normalized spacial score (nSPS) is 11.6. The van der Waals surface area contributed by atoms with Crippen molar-refractivity contribution in [3.05, 3.63) is 95.5 Å². The van der Waals surface area contributed by atoms with E-state index in [0.29, 0.717) is 6.42 Å². The number of anilines is 1. The van der Waals surface area contributed by atoms with Crippen LogP contribution >= 0.6 is 11.6 Å². The van der Waals surface area contributed by atoms with Gasteiger partial charge in [-0.2, -0.15) is 0 Å². The van der Waals surface area contributed by atoms with Gasteiger partial charge in [0.1, 0.15) is 0 Å². The highest BCUT2D eigenvalue weighted by molar-refractivity contribution is 7.92. The molecule has 34 heavy (non-hydrogen) atoms. The number of nitrogens with one attached hydrogen (secondary N) is 2. The molecule has 2 N–H and O–H groups in total. The first-order valence-electron chi connectivity index (χ1n) is 10.1. The van der Waals surface area contributed by atoms with Crippen LogP contribution in [-0.4, -0.2) is 35.5 Å². The van der Waals surface area contributed by atoms with Gasteiger partial charge in [-0.15, -0.1) is 0 Å². The zero-order valence-corrected chi connectivity index (χ0v) is 20.7. The van der Waals surface area contributed by atoms with Crippen molar-refractivity contribution in [2.24, 2.45) is 0 Å². The number of amides is 1. The fraction of sp³-hybridized carbons (Fsp3) is 0.125. The summed E-state index contributed by atoms with van der Waals surface area (Å²) in [5, 5.41) is 3.02. The van der Waals surface area contributed by atoms with Gasteiger partial charge in [-0.05, 0) is 60.0 Å². The Labute approximate surface area is 204 Å². The van der Waals surface area contributed by atoms with Gasteiger partial charge in [-0.25, -0.2) is 16.8 Å². The van der Waals surface area contributed by atoms with E-state index in [4.69, 9.17) is 11.6 Å². The standard InChI is InChI=1S/C24H23ClN2O5S2/c1-17(18-6-4-3-5-7-18)14-15-26-24(28)22-16-19(25)8-13-23(22)27-34(31,32)21-11-9-20(10-12-21)33(2,29)30/h3-13,16,27H,1,14-15H2,2H3,(H,26,28). The molecule has 0 bridgehead atoms. The largest absolute Gasteiger partial charge is 0.352 e. The lowest BCUT2D eigenvalue weighted by atomic mass is 10.0. The summed E-state index contributed by atoms with van der Waals surface area (Å²) < 4.78 is 51.3. The van der Waals surface area contributed by atoms with E-state index in [1.807, 2.05) is 30.3 Å². The minimum absolute atomic E-state index is 0.00454. The Kier molecular flexibility index (Phi) is 7.81. The molecule has 0 unspecified atom stereocenters. The van der Waals surface area contributed by atoms with Crippen molar-refractivity contribution >= 4 is 48.6 Å². The van der Waals surface area contributed by atoms with Gasteiger partial charge in [-0.1, -0.05) is 48.5 Å². The van der Waals surface area contributed by atoms with Crippen molar-refractivity contribution < 1.29 is 21.6 Å². The van der Waals surface area contributed by atoms with Crippen LogP contribution in [0, 0.1) is 0 Å². The average Bonchev–Trinajstić information content (AvgIpc) is 2.80. The zero-order valence-electron chi connectivity index (χ0n) is 18.3. The summed E-state index contributed by atoms with van der Waals surface area (Å²) in [6.45, 7) is 4.32. The Morgan fingerprint density at radius 3 is 2.15 bits per heavy atom. The third kappa shape index (κ3) is 6.47. The highest BCUT2D eigenvalue weighted by Gasteiger charge is 2.20. The van der Waals surface area contributed by atoms with Gasteiger partial charge in [-0.3, -0.25) is 9.52 Å². The van der Waals surface area contributed by atoms with E-state index < -0.39 is 25.8 Å². The molecule has 3 aromatic carbocycles. The van der Waals surface area contributed by atoms with Crippen molar-refractivity contribution in [1.82, 2.24) is 5.32 Å².